The van der Waals surface area contributed by atoms with Crippen molar-refractivity contribution in [1.29, 1.82) is 0 Å². The number of nitrogens with zero attached hydrogens (tertiary/aromatic N) is 2. The zero-order valence-corrected chi connectivity index (χ0v) is 18.5. The smallest absolute Gasteiger partial charge is 0.191 e. The summed E-state index contributed by atoms with van der Waals surface area (Å²) in [6.07, 6.45) is 2.13. The van der Waals surface area contributed by atoms with Crippen LogP contribution in [-0.2, 0) is 6.42 Å². The van der Waals surface area contributed by atoms with Gasteiger partial charge in [-0.2, -0.15) is 0 Å². The fourth-order valence-corrected chi connectivity index (χ4v) is 2.68. The van der Waals surface area contributed by atoms with Gasteiger partial charge in [-0.05, 0) is 43.0 Å². The molecule has 0 aromatic heterocycles. The van der Waals surface area contributed by atoms with Crippen molar-refractivity contribution in [1.82, 2.24) is 10.6 Å². The van der Waals surface area contributed by atoms with E-state index in [-0.39, 0.29) is 30.0 Å². The van der Waals surface area contributed by atoms with Gasteiger partial charge in [-0.3, -0.25) is 4.99 Å². The minimum atomic E-state index is 0. The predicted octanol–water partition coefficient (Wildman–Crippen LogP) is 4.23. The number of nitrogens with one attached hydrogen (secondary N) is 2. The first-order chi connectivity index (χ1) is 12.1. The average molecular weight is 466 g/mol. The molecule has 0 amide bonds. The third-order valence-electron chi connectivity index (χ3n) is 4.26. The highest BCUT2D eigenvalue weighted by Crippen LogP contribution is 2.13. The second-order valence-corrected chi connectivity index (χ2v) is 6.44. The number of benzene rings is 2. The number of guanidine groups is 1. The number of rotatable bonds is 7. The molecular weight excluding hydrogens is 435 g/mol. The van der Waals surface area contributed by atoms with Crippen LogP contribution in [0.1, 0.15) is 30.5 Å². The van der Waals surface area contributed by atoms with Crippen molar-refractivity contribution in [2.45, 2.75) is 25.8 Å². The Bertz CT molecular complexity index is 653. The molecule has 0 heterocycles. The first kappa shape index (κ1) is 22.3. The SMILES string of the molecule is CN=C(NCCCc1ccc(N(C)C)cc1)NC(C)c1ccccc1.I. The van der Waals surface area contributed by atoms with Gasteiger partial charge < -0.3 is 15.5 Å². The topological polar surface area (TPSA) is 39.7 Å². The Morgan fingerprint density at radius 2 is 1.69 bits per heavy atom. The molecule has 5 heteroatoms. The van der Waals surface area contributed by atoms with Crippen molar-refractivity contribution in [3.63, 3.8) is 0 Å². The lowest BCUT2D eigenvalue weighted by Gasteiger charge is -2.18. The van der Waals surface area contributed by atoms with Crippen LogP contribution in [0.5, 0.6) is 0 Å². The van der Waals surface area contributed by atoms with Crippen LogP contribution in [0.4, 0.5) is 5.69 Å². The van der Waals surface area contributed by atoms with Crippen molar-refractivity contribution in [2.24, 2.45) is 4.99 Å². The number of hydrogen-bond donors (Lipinski definition) is 2. The molecule has 0 aliphatic heterocycles. The number of hydrogen-bond acceptors (Lipinski definition) is 2. The molecule has 0 spiro atoms. The molecule has 0 bridgehead atoms. The summed E-state index contributed by atoms with van der Waals surface area (Å²) >= 11 is 0. The normalized spacial score (nSPS) is 12.1. The van der Waals surface area contributed by atoms with E-state index in [0.29, 0.717) is 0 Å². The van der Waals surface area contributed by atoms with Gasteiger partial charge in [0.15, 0.2) is 5.96 Å². The highest BCUT2D eigenvalue weighted by atomic mass is 127. The van der Waals surface area contributed by atoms with Crippen molar-refractivity contribution >= 4 is 35.6 Å². The van der Waals surface area contributed by atoms with E-state index in [1.165, 1.54) is 16.8 Å². The molecule has 0 aliphatic rings. The van der Waals surface area contributed by atoms with E-state index in [2.05, 4.69) is 90.1 Å². The van der Waals surface area contributed by atoms with Crippen LogP contribution in [0.25, 0.3) is 0 Å². The lowest BCUT2D eigenvalue weighted by Crippen LogP contribution is -2.39. The Balaban J connectivity index is 0.00000338. The van der Waals surface area contributed by atoms with E-state index in [9.17, 15) is 0 Å². The highest BCUT2D eigenvalue weighted by molar-refractivity contribution is 14.0. The molecule has 0 saturated heterocycles. The minimum Gasteiger partial charge on any atom is -0.378 e. The second-order valence-electron chi connectivity index (χ2n) is 6.44. The first-order valence-corrected chi connectivity index (χ1v) is 8.88. The maximum absolute atomic E-state index is 4.32. The zero-order chi connectivity index (χ0) is 18.1. The Kier molecular flexibility index (Phi) is 10.1. The van der Waals surface area contributed by atoms with E-state index in [0.717, 1.165) is 25.3 Å². The zero-order valence-electron chi connectivity index (χ0n) is 16.2. The van der Waals surface area contributed by atoms with E-state index in [4.69, 9.17) is 0 Å². The van der Waals surface area contributed by atoms with E-state index >= 15 is 0 Å². The largest absolute Gasteiger partial charge is 0.378 e. The predicted molar refractivity (Wildman–Crippen MR) is 124 cm³/mol. The molecule has 2 aromatic carbocycles. The van der Waals surface area contributed by atoms with Crippen LogP contribution in [-0.4, -0.2) is 33.6 Å². The molecule has 1 atom stereocenters. The molecule has 2 aromatic rings. The van der Waals surface area contributed by atoms with E-state index in [1.54, 1.807) is 0 Å². The van der Waals surface area contributed by atoms with Gasteiger partial charge in [0.2, 0.25) is 0 Å². The molecular formula is C21H31IN4. The van der Waals surface area contributed by atoms with Crippen LogP contribution < -0.4 is 15.5 Å². The second kappa shape index (κ2) is 11.8. The molecule has 2 N–H and O–H groups in total. The molecule has 2 rings (SSSR count). The van der Waals surface area contributed by atoms with Gasteiger partial charge in [0.1, 0.15) is 0 Å². The molecule has 0 aliphatic carbocycles. The van der Waals surface area contributed by atoms with Crippen LogP contribution in [0.3, 0.4) is 0 Å². The van der Waals surface area contributed by atoms with Crippen LogP contribution in [0.15, 0.2) is 59.6 Å². The monoisotopic (exact) mass is 466 g/mol. The third kappa shape index (κ3) is 7.23. The van der Waals surface area contributed by atoms with Crippen molar-refractivity contribution < 1.29 is 0 Å². The van der Waals surface area contributed by atoms with Crippen LogP contribution >= 0.6 is 24.0 Å². The molecule has 0 radical (unpaired) electrons. The summed E-state index contributed by atoms with van der Waals surface area (Å²) in [4.78, 5) is 6.44. The van der Waals surface area contributed by atoms with Gasteiger partial charge in [-0.1, -0.05) is 42.5 Å². The standard InChI is InChI=1S/C21H30N4.HI/c1-17(19-10-6-5-7-11-19)24-21(22-2)23-16-8-9-18-12-14-20(15-13-18)25(3)4;/h5-7,10-15,17H,8-9,16H2,1-4H3,(H2,22,23,24);1H. The summed E-state index contributed by atoms with van der Waals surface area (Å²) in [5.74, 6) is 0.847. The van der Waals surface area contributed by atoms with Crippen LogP contribution in [0.2, 0.25) is 0 Å². The molecule has 4 nitrogen and oxygen atoms in total. The molecule has 0 saturated carbocycles. The lowest BCUT2D eigenvalue weighted by atomic mass is 10.1. The number of halogens is 1. The Hall–Kier alpha value is -1.76. The summed E-state index contributed by atoms with van der Waals surface area (Å²) in [6, 6.07) is 19.4. The summed E-state index contributed by atoms with van der Waals surface area (Å²) in [5.41, 5.74) is 3.86. The number of aliphatic imine (C=N–C) groups is 1. The van der Waals surface area contributed by atoms with E-state index < -0.39 is 0 Å². The van der Waals surface area contributed by atoms with Crippen molar-refractivity contribution in [2.75, 3.05) is 32.6 Å². The Morgan fingerprint density at radius 3 is 2.27 bits per heavy atom. The Labute approximate surface area is 175 Å². The highest BCUT2D eigenvalue weighted by Gasteiger charge is 2.06. The number of anilines is 1. The summed E-state index contributed by atoms with van der Waals surface area (Å²) in [6.45, 7) is 3.05. The van der Waals surface area contributed by atoms with Gasteiger partial charge in [0.05, 0.1) is 6.04 Å². The van der Waals surface area contributed by atoms with Gasteiger partial charge in [0, 0.05) is 33.4 Å². The summed E-state index contributed by atoms with van der Waals surface area (Å²) in [5, 5.41) is 6.84. The van der Waals surface area contributed by atoms with E-state index in [1.807, 2.05) is 13.1 Å². The fraction of sp³-hybridized carbons (Fsp3) is 0.381. The summed E-state index contributed by atoms with van der Waals surface area (Å²) < 4.78 is 0. The van der Waals surface area contributed by atoms with Gasteiger partial charge in [-0.15, -0.1) is 24.0 Å². The van der Waals surface area contributed by atoms with Crippen molar-refractivity contribution in [3.8, 4) is 0 Å². The maximum Gasteiger partial charge on any atom is 0.191 e. The van der Waals surface area contributed by atoms with Crippen molar-refractivity contribution in [3.05, 3.63) is 65.7 Å². The minimum absolute atomic E-state index is 0. The van der Waals surface area contributed by atoms with Gasteiger partial charge >= 0.3 is 0 Å². The average Bonchev–Trinajstić information content (AvgIpc) is 2.65. The lowest BCUT2D eigenvalue weighted by molar-refractivity contribution is 0.674. The maximum atomic E-state index is 4.32. The molecule has 26 heavy (non-hydrogen) atoms. The van der Waals surface area contributed by atoms with Gasteiger partial charge in [-0.25, -0.2) is 0 Å². The van der Waals surface area contributed by atoms with Gasteiger partial charge in [0.25, 0.3) is 0 Å². The Morgan fingerprint density at radius 1 is 1.04 bits per heavy atom. The van der Waals surface area contributed by atoms with Crippen LogP contribution in [0, 0.1) is 0 Å². The molecule has 0 fully saturated rings. The quantitative estimate of drug-likeness (QED) is 0.278. The fourth-order valence-electron chi connectivity index (χ4n) is 2.68. The number of aryl methyl sites for hydroxylation is 1. The molecule has 142 valence electrons. The third-order valence-corrected chi connectivity index (χ3v) is 4.26. The molecule has 1 unspecified atom stereocenters. The summed E-state index contributed by atoms with van der Waals surface area (Å²) in [7, 11) is 5.94. The first-order valence-electron chi connectivity index (χ1n) is 8.88.